The van der Waals surface area contributed by atoms with Crippen LogP contribution in [0.1, 0.15) is 0 Å². The van der Waals surface area contributed by atoms with Crippen molar-refractivity contribution < 1.29 is 25.2 Å². The molecule has 0 spiro atoms. The van der Waals surface area contributed by atoms with Crippen LogP contribution in [0.5, 0.6) is 0 Å². The van der Waals surface area contributed by atoms with Gasteiger partial charge in [-0.25, -0.2) is 0 Å². The highest BCUT2D eigenvalue weighted by Gasteiger charge is 2.42. The van der Waals surface area contributed by atoms with Crippen molar-refractivity contribution in [3.63, 3.8) is 0 Å². The lowest BCUT2D eigenvalue weighted by atomic mass is 9.98. The van der Waals surface area contributed by atoms with E-state index in [9.17, 15) is 15.3 Å². The molecule has 0 radical (unpaired) electrons. The van der Waals surface area contributed by atoms with E-state index in [1.165, 1.54) is 0 Å². The molecule has 0 bridgehead atoms. The van der Waals surface area contributed by atoms with Crippen LogP contribution in [0.4, 0.5) is 0 Å². The quantitative estimate of drug-likeness (QED) is 0.291. The van der Waals surface area contributed by atoms with E-state index in [0.29, 0.717) is 0 Å². The lowest BCUT2D eigenvalue weighted by molar-refractivity contribution is -0.250. The van der Waals surface area contributed by atoms with E-state index in [1.807, 2.05) is 0 Å². The molecule has 1 saturated heterocycles. The van der Waals surface area contributed by atoms with Gasteiger partial charge >= 0.3 is 0 Å². The molecule has 1 aliphatic heterocycles. The molecule has 1 rings (SSSR count). The van der Waals surface area contributed by atoms with Crippen molar-refractivity contribution in [3.05, 3.63) is 0 Å². The Morgan fingerprint density at radius 1 is 1.23 bits per heavy atom. The second kappa shape index (κ2) is 4.82. The fraction of sp³-hybridized carbons (Fsp3) is 1.00. The minimum atomic E-state index is -1.23. The standard InChI is InChI=1S/C6H12INO5/c7-8-3-5(11)4(10)2(1-9)13-6(3)12/h2-6,8-12H,1H2/t2?,3?,4-,5?,6-/m1/s1. The van der Waals surface area contributed by atoms with Crippen LogP contribution in [0, 0.1) is 0 Å². The zero-order valence-corrected chi connectivity index (χ0v) is 8.83. The predicted molar refractivity (Wildman–Crippen MR) is 50.9 cm³/mol. The highest BCUT2D eigenvalue weighted by molar-refractivity contribution is 14.1. The Hall–Kier alpha value is 0.490. The van der Waals surface area contributed by atoms with Gasteiger partial charge in [0.15, 0.2) is 6.29 Å². The van der Waals surface area contributed by atoms with Gasteiger partial charge in [0.1, 0.15) is 18.3 Å². The van der Waals surface area contributed by atoms with Crippen LogP contribution in [-0.2, 0) is 4.74 Å². The molecule has 0 aromatic heterocycles. The second-order valence-electron chi connectivity index (χ2n) is 2.86. The molecule has 6 nitrogen and oxygen atoms in total. The third-order valence-corrected chi connectivity index (χ3v) is 2.75. The fourth-order valence-corrected chi connectivity index (χ4v) is 1.89. The van der Waals surface area contributed by atoms with Gasteiger partial charge in [-0.2, -0.15) is 0 Å². The van der Waals surface area contributed by atoms with Gasteiger partial charge in [-0.3, -0.25) is 3.53 Å². The Bertz CT molecular complexity index is 171. The minimum Gasteiger partial charge on any atom is -0.394 e. The molecule has 0 aliphatic carbocycles. The van der Waals surface area contributed by atoms with Gasteiger partial charge in [0.05, 0.1) is 12.6 Å². The number of ether oxygens (including phenoxy) is 1. The van der Waals surface area contributed by atoms with E-state index in [-0.39, 0.29) is 0 Å². The highest BCUT2D eigenvalue weighted by Crippen LogP contribution is 2.20. The summed E-state index contributed by atoms with van der Waals surface area (Å²) in [5.74, 6) is 0. The third kappa shape index (κ3) is 2.29. The SMILES string of the molecule is OCC1O[C@@H](O)C(NI)C(O)[C@@H]1O. The van der Waals surface area contributed by atoms with Crippen molar-refractivity contribution in [2.45, 2.75) is 30.6 Å². The van der Waals surface area contributed by atoms with E-state index in [2.05, 4.69) is 3.53 Å². The number of hydrogen-bond acceptors (Lipinski definition) is 6. The predicted octanol–water partition coefficient (Wildman–Crippen LogP) is -2.27. The van der Waals surface area contributed by atoms with Crippen LogP contribution in [0.2, 0.25) is 0 Å². The Balaban J connectivity index is 2.66. The van der Waals surface area contributed by atoms with Gasteiger partial charge in [-0.1, -0.05) is 0 Å². The van der Waals surface area contributed by atoms with Crippen LogP contribution < -0.4 is 3.53 Å². The summed E-state index contributed by atoms with van der Waals surface area (Å²) in [6.45, 7) is -0.441. The normalized spacial score (nSPS) is 46.4. The first-order valence-electron chi connectivity index (χ1n) is 3.78. The van der Waals surface area contributed by atoms with Crippen molar-refractivity contribution >= 4 is 22.9 Å². The molecule has 0 amide bonds. The lowest BCUT2D eigenvalue weighted by Crippen LogP contribution is -2.61. The molecule has 5 atom stereocenters. The van der Waals surface area contributed by atoms with Gasteiger partial charge in [0.2, 0.25) is 0 Å². The highest BCUT2D eigenvalue weighted by atomic mass is 127. The van der Waals surface area contributed by atoms with Gasteiger partial charge in [-0.15, -0.1) is 0 Å². The van der Waals surface area contributed by atoms with Crippen LogP contribution in [0.15, 0.2) is 0 Å². The summed E-state index contributed by atoms with van der Waals surface area (Å²) in [5, 5.41) is 36.8. The molecule has 0 saturated carbocycles. The summed E-state index contributed by atoms with van der Waals surface area (Å²) in [4.78, 5) is 0. The van der Waals surface area contributed by atoms with Crippen molar-refractivity contribution in [2.24, 2.45) is 0 Å². The molecule has 0 aromatic rings. The molecule has 78 valence electrons. The Morgan fingerprint density at radius 3 is 2.31 bits per heavy atom. The summed E-state index contributed by atoms with van der Waals surface area (Å²) in [7, 11) is 0. The summed E-state index contributed by atoms with van der Waals surface area (Å²) in [6, 6.07) is -0.751. The Labute approximate surface area is 89.0 Å². The smallest absolute Gasteiger partial charge is 0.173 e. The monoisotopic (exact) mass is 305 g/mol. The molecular weight excluding hydrogens is 293 g/mol. The average molecular weight is 305 g/mol. The summed E-state index contributed by atoms with van der Waals surface area (Å²) in [5.41, 5.74) is 0. The molecule has 5 N–H and O–H groups in total. The van der Waals surface area contributed by atoms with E-state index in [1.54, 1.807) is 22.9 Å². The maximum absolute atomic E-state index is 9.44. The molecule has 0 aromatic carbocycles. The molecule has 13 heavy (non-hydrogen) atoms. The van der Waals surface area contributed by atoms with E-state index < -0.39 is 37.3 Å². The average Bonchev–Trinajstić information content (AvgIpc) is 2.12. The lowest BCUT2D eigenvalue weighted by Gasteiger charge is -2.39. The van der Waals surface area contributed by atoms with Crippen LogP contribution in [-0.4, -0.2) is 57.7 Å². The Morgan fingerprint density at radius 2 is 1.85 bits per heavy atom. The minimum absolute atomic E-state index is 0.441. The summed E-state index contributed by atoms with van der Waals surface area (Å²) >= 11 is 1.74. The first kappa shape index (κ1) is 11.6. The van der Waals surface area contributed by atoms with Crippen LogP contribution in [0.3, 0.4) is 0 Å². The maximum Gasteiger partial charge on any atom is 0.173 e. The number of halogens is 1. The molecule has 1 fully saturated rings. The van der Waals surface area contributed by atoms with Crippen molar-refractivity contribution in [1.29, 1.82) is 0 Å². The van der Waals surface area contributed by atoms with Crippen molar-refractivity contribution in [2.75, 3.05) is 6.61 Å². The number of rotatable bonds is 2. The van der Waals surface area contributed by atoms with Gasteiger partial charge in [0.25, 0.3) is 0 Å². The zero-order valence-electron chi connectivity index (χ0n) is 6.67. The molecular formula is C6H12INO5. The topological polar surface area (TPSA) is 102 Å². The molecule has 7 heteroatoms. The molecule has 3 unspecified atom stereocenters. The van der Waals surface area contributed by atoms with Gasteiger partial charge in [0, 0.05) is 22.9 Å². The first-order chi connectivity index (χ1) is 6.11. The number of aliphatic hydroxyl groups is 4. The van der Waals surface area contributed by atoms with Crippen LogP contribution >= 0.6 is 22.9 Å². The fourth-order valence-electron chi connectivity index (χ4n) is 1.21. The summed E-state index contributed by atoms with van der Waals surface area (Å²) in [6.07, 6.45) is -4.52. The van der Waals surface area contributed by atoms with Crippen molar-refractivity contribution in [3.8, 4) is 0 Å². The Kier molecular flexibility index (Phi) is 4.29. The maximum atomic E-state index is 9.44. The number of aliphatic hydroxyl groups excluding tert-OH is 4. The van der Waals surface area contributed by atoms with Gasteiger partial charge < -0.3 is 25.2 Å². The van der Waals surface area contributed by atoms with Crippen molar-refractivity contribution in [1.82, 2.24) is 3.53 Å². The molecule has 1 heterocycles. The first-order valence-corrected chi connectivity index (χ1v) is 4.86. The van der Waals surface area contributed by atoms with Crippen LogP contribution in [0.25, 0.3) is 0 Å². The number of nitrogens with one attached hydrogen (secondary N) is 1. The van der Waals surface area contributed by atoms with E-state index in [0.717, 1.165) is 0 Å². The van der Waals surface area contributed by atoms with Gasteiger partial charge in [-0.05, 0) is 0 Å². The molecule has 1 aliphatic rings. The third-order valence-electron chi connectivity index (χ3n) is 2.03. The van der Waals surface area contributed by atoms with E-state index >= 15 is 0 Å². The zero-order chi connectivity index (χ0) is 10.0. The summed E-state index contributed by atoms with van der Waals surface area (Å²) < 4.78 is 7.43. The number of hydrogen-bond donors (Lipinski definition) is 5. The van der Waals surface area contributed by atoms with E-state index in [4.69, 9.17) is 9.84 Å². The second-order valence-corrected chi connectivity index (χ2v) is 3.49. The largest absolute Gasteiger partial charge is 0.394 e.